The Labute approximate surface area is 99.5 Å². The lowest BCUT2D eigenvalue weighted by Gasteiger charge is -2.16. The molecule has 5 heteroatoms. The van der Waals surface area contributed by atoms with E-state index in [1.165, 1.54) is 6.33 Å². The number of rotatable bonds is 3. The Balaban J connectivity index is 2.51. The van der Waals surface area contributed by atoms with Crippen LogP contribution in [0.2, 0.25) is 0 Å². The second kappa shape index (κ2) is 4.55. The van der Waals surface area contributed by atoms with Gasteiger partial charge in [-0.25, -0.2) is 4.98 Å². The van der Waals surface area contributed by atoms with Crippen LogP contribution in [-0.4, -0.2) is 27.4 Å². The molecule has 1 atom stereocenters. The summed E-state index contributed by atoms with van der Waals surface area (Å²) in [7, 11) is 1.59. The fraction of sp³-hybridized carbons (Fsp3) is 0.333. The largest absolute Gasteiger partial charge is 0.496 e. The summed E-state index contributed by atoms with van der Waals surface area (Å²) in [5.41, 5.74) is 2.77. The maximum absolute atomic E-state index is 10.3. The minimum absolute atomic E-state index is 0.412. The molecule has 1 aromatic carbocycles. The van der Waals surface area contributed by atoms with Crippen molar-refractivity contribution in [3.63, 3.8) is 0 Å². The number of aliphatic hydroxyl groups is 1. The maximum atomic E-state index is 10.3. The fourth-order valence-corrected chi connectivity index (χ4v) is 1.94. The summed E-state index contributed by atoms with van der Waals surface area (Å²) in [5.74, 6) is 1.07. The number of ether oxygens (including phenoxy) is 1. The quantitative estimate of drug-likeness (QED) is 0.843. The molecule has 1 heterocycles. The molecule has 2 N–H and O–H groups in total. The molecule has 2 aromatic rings. The molecule has 1 unspecified atom stereocenters. The average molecular weight is 233 g/mol. The molecule has 17 heavy (non-hydrogen) atoms. The molecule has 0 amide bonds. The van der Waals surface area contributed by atoms with E-state index in [1.54, 1.807) is 7.11 Å². The molecule has 0 bridgehead atoms. The van der Waals surface area contributed by atoms with Gasteiger partial charge < -0.3 is 9.84 Å². The number of aliphatic hydroxyl groups excluding tert-OH is 1. The predicted molar refractivity (Wildman–Crippen MR) is 62.9 cm³/mol. The first-order valence-corrected chi connectivity index (χ1v) is 5.32. The summed E-state index contributed by atoms with van der Waals surface area (Å²) in [4.78, 5) is 3.96. The van der Waals surface area contributed by atoms with Gasteiger partial charge in [0, 0.05) is 5.56 Å². The van der Waals surface area contributed by atoms with Crippen LogP contribution >= 0.6 is 0 Å². The molecular formula is C12H15N3O2. The van der Waals surface area contributed by atoms with E-state index in [9.17, 15) is 5.11 Å². The van der Waals surface area contributed by atoms with Crippen LogP contribution in [0, 0.1) is 13.8 Å². The number of hydrogen-bond acceptors (Lipinski definition) is 4. The van der Waals surface area contributed by atoms with Gasteiger partial charge in [0.15, 0.2) is 5.82 Å². The molecule has 2 rings (SSSR count). The molecular weight excluding hydrogens is 218 g/mol. The summed E-state index contributed by atoms with van der Waals surface area (Å²) in [6.07, 6.45) is 0.516. The third-order valence-corrected chi connectivity index (χ3v) is 2.68. The zero-order valence-corrected chi connectivity index (χ0v) is 10.1. The van der Waals surface area contributed by atoms with Crippen LogP contribution < -0.4 is 4.74 Å². The first-order valence-electron chi connectivity index (χ1n) is 5.32. The normalized spacial score (nSPS) is 12.5. The van der Waals surface area contributed by atoms with Crippen LogP contribution in [0.5, 0.6) is 5.75 Å². The van der Waals surface area contributed by atoms with Gasteiger partial charge in [-0.05, 0) is 31.0 Å². The SMILES string of the molecule is COc1cc(C)cc(C)c1C(O)c1ncn[nH]1. The van der Waals surface area contributed by atoms with E-state index in [1.807, 2.05) is 26.0 Å². The van der Waals surface area contributed by atoms with Gasteiger partial charge in [-0.2, -0.15) is 5.10 Å². The molecule has 1 aromatic heterocycles. The van der Waals surface area contributed by atoms with Crippen LogP contribution in [0.4, 0.5) is 0 Å². The molecule has 90 valence electrons. The highest BCUT2D eigenvalue weighted by molar-refractivity contribution is 5.46. The summed E-state index contributed by atoms with van der Waals surface area (Å²) >= 11 is 0. The third-order valence-electron chi connectivity index (χ3n) is 2.68. The standard InChI is InChI=1S/C12H15N3O2/c1-7-4-8(2)10(9(5-7)17-3)11(16)12-13-6-14-15-12/h4-6,11,16H,1-3H3,(H,13,14,15). The Morgan fingerprint density at radius 1 is 1.35 bits per heavy atom. The van der Waals surface area contributed by atoms with Crippen molar-refractivity contribution in [3.05, 3.63) is 41.0 Å². The number of aromatic amines is 1. The summed E-state index contributed by atoms with van der Waals surface area (Å²) in [5, 5.41) is 16.6. The highest BCUT2D eigenvalue weighted by atomic mass is 16.5. The van der Waals surface area contributed by atoms with Crippen LogP contribution in [0.3, 0.4) is 0 Å². The van der Waals surface area contributed by atoms with Gasteiger partial charge in [-0.15, -0.1) is 0 Å². The highest BCUT2D eigenvalue weighted by Gasteiger charge is 2.20. The van der Waals surface area contributed by atoms with Gasteiger partial charge in [-0.3, -0.25) is 5.10 Å². The van der Waals surface area contributed by atoms with Crippen molar-refractivity contribution in [1.82, 2.24) is 15.2 Å². The number of H-pyrrole nitrogens is 1. The molecule has 0 fully saturated rings. The van der Waals surface area contributed by atoms with E-state index >= 15 is 0 Å². The van der Waals surface area contributed by atoms with Crippen molar-refractivity contribution in [2.45, 2.75) is 20.0 Å². The van der Waals surface area contributed by atoms with Gasteiger partial charge in [0.25, 0.3) is 0 Å². The first kappa shape index (κ1) is 11.6. The van der Waals surface area contributed by atoms with E-state index in [-0.39, 0.29) is 0 Å². The fourth-order valence-electron chi connectivity index (χ4n) is 1.94. The Morgan fingerprint density at radius 2 is 2.12 bits per heavy atom. The number of nitrogens with zero attached hydrogens (tertiary/aromatic N) is 2. The average Bonchev–Trinajstić information content (AvgIpc) is 2.80. The highest BCUT2D eigenvalue weighted by Crippen LogP contribution is 2.32. The minimum atomic E-state index is -0.854. The number of hydrogen-bond donors (Lipinski definition) is 2. The van der Waals surface area contributed by atoms with E-state index in [2.05, 4.69) is 15.2 Å². The van der Waals surface area contributed by atoms with Gasteiger partial charge in [0.1, 0.15) is 18.2 Å². The maximum Gasteiger partial charge on any atom is 0.157 e. The Bertz CT molecular complexity index is 509. The van der Waals surface area contributed by atoms with E-state index < -0.39 is 6.10 Å². The van der Waals surface area contributed by atoms with Crippen molar-refractivity contribution in [2.24, 2.45) is 0 Å². The summed E-state index contributed by atoms with van der Waals surface area (Å²) in [6, 6.07) is 3.89. The van der Waals surface area contributed by atoms with Crippen molar-refractivity contribution in [3.8, 4) is 5.75 Å². The van der Waals surface area contributed by atoms with Crippen LogP contribution in [0.15, 0.2) is 18.5 Å². The monoisotopic (exact) mass is 233 g/mol. The third kappa shape index (κ3) is 2.14. The molecule has 0 saturated heterocycles. The number of methoxy groups -OCH3 is 1. The smallest absolute Gasteiger partial charge is 0.157 e. The predicted octanol–water partition coefficient (Wildman–Crippen LogP) is 1.51. The number of nitrogens with one attached hydrogen (secondary N) is 1. The Morgan fingerprint density at radius 3 is 2.71 bits per heavy atom. The Hall–Kier alpha value is -1.88. The summed E-state index contributed by atoms with van der Waals surface area (Å²) < 4.78 is 5.30. The first-order chi connectivity index (χ1) is 8.13. The van der Waals surface area contributed by atoms with Gasteiger partial charge in [-0.1, -0.05) is 6.07 Å². The van der Waals surface area contributed by atoms with Gasteiger partial charge in [0.05, 0.1) is 7.11 Å². The molecule has 0 aliphatic carbocycles. The molecule has 0 aliphatic rings. The lowest BCUT2D eigenvalue weighted by molar-refractivity contribution is 0.204. The van der Waals surface area contributed by atoms with Gasteiger partial charge >= 0.3 is 0 Å². The molecule has 0 radical (unpaired) electrons. The van der Waals surface area contributed by atoms with E-state index in [0.29, 0.717) is 11.6 Å². The number of aryl methyl sites for hydroxylation is 2. The molecule has 0 saturated carbocycles. The lowest BCUT2D eigenvalue weighted by Crippen LogP contribution is -2.07. The van der Waals surface area contributed by atoms with Crippen LogP contribution in [-0.2, 0) is 0 Å². The van der Waals surface area contributed by atoms with E-state index in [4.69, 9.17) is 4.74 Å². The van der Waals surface area contributed by atoms with Crippen molar-refractivity contribution in [1.29, 1.82) is 0 Å². The minimum Gasteiger partial charge on any atom is -0.496 e. The lowest BCUT2D eigenvalue weighted by atomic mass is 9.99. The van der Waals surface area contributed by atoms with Crippen LogP contribution in [0.25, 0.3) is 0 Å². The molecule has 0 spiro atoms. The zero-order valence-electron chi connectivity index (χ0n) is 10.1. The topological polar surface area (TPSA) is 71.0 Å². The Kier molecular flexibility index (Phi) is 3.10. The molecule has 0 aliphatic heterocycles. The molecule has 5 nitrogen and oxygen atoms in total. The van der Waals surface area contributed by atoms with Gasteiger partial charge in [0.2, 0.25) is 0 Å². The number of benzene rings is 1. The van der Waals surface area contributed by atoms with Crippen molar-refractivity contribution in [2.75, 3.05) is 7.11 Å². The summed E-state index contributed by atoms with van der Waals surface area (Å²) in [6.45, 7) is 3.92. The second-order valence-corrected chi connectivity index (χ2v) is 3.97. The van der Waals surface area contributed by atoms with Crippen LogP contribution in [0.1, 0.15) is 28.6 Å². The van der Waals surface area contributed by atoms with Crippen molar-refractivity contribution >= 4 is 0 Å². The van der Waals surface area contributed by atoms with Crippen molar-refractivity contribution < 1.29 is 9.84 Å². The number of aromatic nitrogens is 3. The zero-order chi connectivity index (χ0) is 12.4. The second-order valence-electron chi connectivity index (χ2n) is 3.97. The van der Waals surface area contributed by atoms with E-state index in [0.717, 1.165) is 16.7 Å².